The standard InChI is InChI=1S/C23H25N3O4/c1-28-18-9-5-16(6-10-18)21-14-22(26-25-21)23(27)24-17-7-11-19(12-8-17)30-15-20-4-2-3-13-29-20/h5-12,14,20H,2-4,13,15H2,1H3,(H,24,27)(H,25,26). The van der Waals surface area contributed by atoms with Crippen molar-refractivity contribution in [2.24, 2.45) is 0 Å². The molecule has 30 heavy (non-hydrogen) atoms. The van der Waals surface area contributed by atoms with Crippen LogP contribution in [-0.4, -0.2) is 42.5 Å². The average Bonchev–Trinajstić information content (AvgIpc) is 3.30. The minimum Gasteiger partial charge on any atom is -0.497 e. The molecule has 0 spiro atoms. The van der Waals surface area contributed by atoms with Crippen LogP contribution in [0.25, 0.3) is 11.3 Å². The van der Waals surface area contributed by atoms with Crippen molar-refractivity contribution in [2.75, 3.05) is 25.6 Å². The van der Waals surface area contributed by atoms with Crippen LogP contribution < -0.4 is 14.8 Å². The summed E-state index contributed by atoms with van der Waals surface area (Å²) in [7, 11) is 1.62. The van der Waals surface area contributed by atoms with Gasteiger partial charge in [-0.3, -0.25) is 9.89 Å². The van der Waals surface area contributed by atoms with E-state index in [2.05, 4.69) is 15.5 Å². The zero-order valence-corrected chi connectivity index (χ0v) is 16.9. The quantitative estimate of drug-likeness (QED) is 0.610. The van der Waals surface area contributed by atoms with E-state index in [9.17, 15) is 4.79 Å². The second-order valence-corrected chi connectivity index (χ2v) is 7.17. The number of nitrogens with zero attached hydrogens (tertiary/aromatic N) is 1. The first-order valence-corrected chi connectivity index (χ1v) is 10.1. The average molecular weight is 407 g/mol. The molecular weight excluding hydrogens is 382 g/mol. The molecule has 0 aliphatic carbocycles. The molecule has 0 radical (unpaired) electrons. The van der Waals surface area contributed by atoms with E-state index in [0.717, 1.165) is 36.5 Å². The molecule has 0 saturated carbocycles. The first-order valence-electron chi connectivity index (χ1n) is 10.1. The molecule has 1 saturated heterocycles. The fraction of sp³-hybridized carbons (Fsp3) is 0.304. The Bertz CT molecular complexity index is 961. The van der Waals surface area contributed by atoms with Crippen LogP contribution in [0.3, 0.4) is 0 Å². The van der Waals surface area contributed by atoms with Crippen LogP contribution in [0.15, 0.2) is 54.6 Å². The Labute approximate surface area is 175 Å². The number of amides is 1. The number of anilines is 1. The van der Waals surface area contributed by atoms with Gasteiger partial charge in [-0.1, -0.05) is 0 Å². The van der Waals surface area contributed by atoms with Crippen LogP contribution in [0.5, 0.6) is 11.5 Å². The van der Waals surface area contributed by atoms with E-state index in [1.54, 1.807) is 13.2 Å². The molecule has 7 heteroatoms. The number of aromatic nitrogens is 2. The van der Waals surface area contributed by atoms with Gasteiger partial charge in [-0.25, -0.2) is 0 Å². The Hall–Kier alpha value is -3.32. The second-order valence-electron chi connectivity index (χ2n) is 7.17. The van der Waals surface area contributed by atoms with Crippen molar-refractivity contribution in [3.05, 3.63) is 60.3 Å². The van der Waals surface area contributed by atoms with E-state index in [-0.39, 0.29) is 12.0 Å². The lowest BCUT2D eigenvalue weighted by Crippen LogP contribution is -2.25. The topological polar surface area (TPSA) is 85.5 Å². The van der Waals surface area contributed by atoms with Gasteiger partial charge in [0.05, 0.1) is 18.9 Å². The molecular formula is C23H25N3O4. The first-order chi connectivity index (χ1) is 14.7. The van der Waals surface area contributed by atoms with Crippen LogP contribution in [0.1, 0.15) is 29.8 Å². The van der Waals surface area contributed by atoms with Gasteiger partial charge in [-0.05, 0) is 73.9 Å². The first kappa shape index (κ1) is 20.0. The van der Waals surface area contributed by atoms with Gasteiger partial charge in [0.15, 0.2) is 0 Å². The summed E-state index contributed by atoms with van der Waals surface area (Å²) in [6.07, 6.45) is 3.52. The summed E-state index contributed by atoms with van der Waals surface area (Å²) in [6, 6.07) is 16.5. The van der Waals surface area contributed by atoms with Gasteiger partial charge in [-0.15, -0.1) is 0 Å². The summed E-state index contributed by atoms with van der Waals surface area (Å²) in [5, 5.41) is 9.88. The van der Waals surface area contributed by atoms with Crippen molar-refractivity contribution < 1.29 is 19.0 Å². The van der Waals surface area contributed by atoms with Crippen LogP contribution in [0.4, 0.5) is 5.69 Å². The van der Waals surface area contributed by atoms with Gasteiger partial charge >= 0.3 is 0 Å². The number of carbonyl (C=O) groups excluding carboxylic acids is 1. The molecule has 2 aromatic carbocycles. The zero-order valence-electron chi connectivity index (χ0n) is 16.9. The minimum absolute atomic E-state index is 0.165. The van der Waals surface area contributed by atoms with E-state index in [1.165, 1.54) is 6.42 Å². The summed E-state index contributed by atoms with van der Waals surface area (Å²) in [5.41, 5.74) is 2.66. The third kappa shape index (κ3) is 4.99. The Morgan fingerprint density at radius 1 is 1.13 bits per heavy atom. The van der Waals surface area contributed by atoms with Crippen molar-refractivity contribution in [3.8, 4) is 22.8 Å². The maximum absolute atomic E-state index is 12.5. The van der Waals surface area contributed by atoms with Gasteiger partial charge in [0.2, 0.25) is 0 Å². The molecule has 7 nitrogen and oxygen atoms in total. The van der Waals surface area contributed by atoms with Crippen molar-refractivity contribution in [1.82, 2.24) is 10.2 Å². The molecule has 1 aliphatic heterocycles. The van der Waals surface area contributed by atoms with Crippen molar-refractivity contribution in [1.29, 1.82) is 0 Å². The Morgan fingerprint density at radius 2 is 1.90 bits per heavy atom. The molecule has 156 valence electrons. The smallest absolute Gasteiger partial charge is 0.273 e. The van der Waals surface area contributed by atoms with Gasteiger partial charge in [-0.2, -0.15) is 5.10 Å². The number of hydrogen-bond donors (Lipinski definition) is 2. The zero-order chi connectivity index (χ0) is 20.8. The molecule has 2 N–H and O–H groups in total. The lowest BCUT2D eigenvalue weighted by Gasteiger charge is -2.22. The largest absolute Gasteiger partial charge is 0.497 e. The maximum atomic E-state index is 12.5. The fourth-order valence-electron chi connectivity index (χ4n) is 3.31. The highest BCUT2D eigenvalue weighted by atomic mass is 16.5. The van der Waals surface area contributed by atoms with E-state index in [0.29, 0.717) is 23.7 Å². The van der Waals surface area contributed by atoms with Crippen molar-refractivity contribution >= 4 is 11.6 Å². The number of benzene rings is 2. The molecule has 2 heterocycles. The molecule has 1 atom stereocenters. The Morgan fingerprint density at radius 3 is 2.60 bits per heavy atom. The van der Waals surface area contributed by atoms with Gasteiger partial charge in [0.1, 0.15) is 23.8 Å². The summed E-state index contributed by atoms with van der Waals surface area (Å²) >= 11 is 0. The molecule has 0 bridgehead atoms. The number of nitrogens with one attached hydrogen (secondary N) is 2. The van der Waals surface area contributed by atoms with Crippen LogP contribution in [-0.2, 0) is 4.74 Å². The number of H-pyrrole nitrogens is 1. The van der Waals surface area contributed by atoms with E-state index in [4.69, 9.17) is 14.2 Å². The molecule has 1 unspecified atom stereocenters. The fourth-order valence-corrected chi connectivity index (χ4v) is 3.31. The number of rotatable bonds is 7. The van der Waals surface area contributed by atoms with Crippen molar-refractivity contribution in [3.63, 3.8) is 0 Å². The SMILES string of the molecule is COc1ccc(-c2cc(C(=O)Nc3ccc(OCC4CCCCO4)cc3)[nH]n2)cc1. The predicted octanol–water partition coefficient (Wildman–Crippen LogP) is 4.29. The Balaban J connectivity index is 1.32. The second kappa shape index (κ2) is 9.45. The summed E-state index contributed by atoms with van der Waals surface area (Å²) < 4.78 is 16.6. The molecule has 1 aromatic heterocycles. The lowest BCUT2D eigenvalue weighted by atomic mass is 10.1. The highest BCUT2D eigenvalue weighted by Gasteiger charge is 2.15. The minimum atomic E-state index is -0.258. The lowest BCUT2D eigenvalue weighted by molar-refractivity contribution is -0.0110. The van der Waals surface area contributed by atoms with E-state index < -0.39 is 0 Å². The van der Waals surface area contributed by atoms with E-state index >= 15 is 0 Å². The molecule has 3 aromatic rings. The monoisotopic (exact) mass is 407 g/mol. The van der Waals surface area contributed by atoms with E-state index in [1.807, 2.05) is 48.5 Å². The van der Waals surface area contributed by atoms with Crippen molar-refractivity contribution in [2.45, 2.75) is 25.4 Å². The van der Waals surface area contributed by atoms with Crippen LogP contribution in [0.2, 0.25) is 0 Å². The molecule has 4 rings (SSSR count). The summed E-state index contributed by atoms with van der Waals surface area (Å²) in [4.78, 5) is 12.5. The number of carbonyl (C=O) groups is 1. The number of methoxy groups -OCH3 is 1. The van der Waals surface area contributed by atoms with Crippen LogP contribution >= 0.6 is 0 Å². The number of aromatic amines is 1. The van der Waals surface area contributed by atoms with Gasteiger partial charge < -0.3 is 19.5 Å². The molecule has 1 aliphatic rings. The number of hydrogen-bond acceptors (Lipinski definition) is 5. The number of ether oxygens (including phenoxy) is 3. The summed E-state index contributed by atoms with van der Waals surface area (Å²) in [5.74, 6) is 1.27. The van der Waals surface area contributed by atoms with Gasteiger partial charge in [0, 0.05) is 17.9 Å². The normalized spacial score (nSPS) is 16.1. The predicted molar refractivity (Wildman–Crippen MR) is 114 cm³/mol. The van der Waals surface area contributed by atoms with Gasteiger partial charge in [0.25, 0.3) is 5.91 Å². The highest BCUT2D eigenvalue weighted by molar-refractivity contribution is 6.03. The molecule has 1 fully saturated rings. The third-order valence-corrected chi connectivity index (χ3v) is 5.03. The third-order valence-electron chi connectivity index (χ3n) is 5.03. The highest BCUT2D eigenvalue weighted by Crippen LogP contribution is 2.22. The molecule has 1 amide bonds. The maximum Gasteiger partial charge on any atom is 0.273 e. The summed E-state index contributed by atoms with van der Waals surface area (Å²) in [6.45, 7) is 1.36. The van der Waals surface area contributed by atoms with Crippen LogP contribution in [0, 0.1) is 0 Å². The Kier molecular flexibility index (Phi) is 6.29.